The Kier molecular flexibility index (Phi) is 6.99. The van der Waals surface area contributed by atoms with Gasteiger partial charge in [0.05, 0.1) is 12.0 Å². The second-order valence-electron chi connectivity index (χ2n) is 6.60. The van der Waals surface area contributed by atoms with Gasteiger partial charge in [-0.25, -0.2) is 0 Å². The van der Waals surface area contributed by atoms with Gasteiger partial charge >= 0.3 is 6.18 Å². The Bertz CT molecular complexity index is 702. The van der Waals surface area contributed by atoms with Gasteiger partial charge in [0.15, 0.2) is 0 Å². The number of carbonyl (C=O) groups excluding carboxylic acids is 2. The number of rotatable bonds is 3. The zero-order chi connectivity index (χ0) is 18.9. The van der Waals surface area contributed by atoms with Crippen molar-refractivity contribution in [1.29, 1.82) is 0 Å². The van der Waals surface area contributed by atoms with Gasteiger partial charge in [-0.3, -0.25) is 9.59 Å². The minimum Gasteiger partial charge on any atom is -0.333 e. The zero-order valence-electron chi connectivity index (χ0n) is 14.3. The molecule has 150 valence electrons. The first-order valence-corrected chi connectivity index (χ1v) is 8.73. The first-order chi connectivity index (χ1) is 12.2. The summed E-state index contributed by atoms with van der Waals surface area (Å²) in [5, 5.41) is 3.76. The van der Waals surface area contributed by atoms with E-state index in [1.807, 2.05) is 6.07 Å². The van der Waals surface area contributed by atoms with E-state index in [2.05, 4.69) is 5.32 Å². The summed E-state index contributed by atoms with van der Waals surface area (Å²) in [4.78, 5) is 27.2. The number of nitrogens with zero attached hydrogens (tertiary/aromatic N) is 2. The van der Waals surface area contributed by atoms with Gasteiger partial charge < -0.3 is 15.1 Å². The van der Waals surface area contributed by atoms with E-state index in [1.54, 1.807) is 23.1 Å². The molecule has 3 rings (SSSR count). The summed E-state index contributed by atoms with van der Waals surface area (Å²) in [6.07, 6.45) is -4.65. The molecule has 1 aromatic carbocycles. The van der Waals surface area contributed by atoms with E-state index in [1.165, 1.54) is 0 Å². The maximum Gasteiger partial charge on any atom is 0.406 e. The number of halogens is 5. The van der Waals surface area contributed by atoms with Gasteiger partial charge in [0.2, 0.25) is 11.8 Å². The summed E-state index contributed by atoms with van der Waals surface area (Å²) in [5.74, 6) is -1.66. The summed E-state index contributed by atoms with van der Waals surface area (Å²) in [6, 6.07) is 6.90. The van der Waals surface area contributed by atoms with Crippen LogP contribution in [0.3, 0.4) is 0 Å². The normalized spacial score (nSPS) is 23.3. The van der Waals surface area contributed by atoms with E-state index in [-0.39, 0.29) is 37.3 Å². The van der Waals surface area contributed by atoms with Gasteiger partial charge in [-0.15, -0.1) is 12.4 Å². The molecule has 2 fully saturated rings. The minimum atomic E-state index is -4.47. The minimum absolute atomic E-state index is 0. The maximum atomic E-state index is 12.9. The molecular weight excluding hydrogens is 406 g/mol. The highest BCUT2D eigenvalue weighted by atomic mass is 35.5. The molecule has 2 heterocycles. The Labute approximate surface area is 166 Å². The number of hydrogen-bond donors (Lipinski definition) is 1. The summed E-state index contributed by atoms with van der Waals surface area (Å²) in [5.41, 5.74) is 0.856. The molecular formula is C17H20Cl2F3N3O2. The molecule has 10 heteroatoms. The zero-order valence-corrected chi connectivity index (χ0v) is 15.9. The van der Waals surface area contributed by atoms with Gasteiger partial charge in [-0.05, 0) is 17.7 Å². The van der Waals surface area contributed by atoms with Crippen molar-refractivity contribution in [3.63, 3.8) is 0 Å². The molecule has 0 bridgehead atoms. The van der Waals surface area contributed by atoms with E-state index < -0.39 is 24.5 Å². The van der Waals surface area contributed by atoms with Crippen LogP contribution in [0.1, 0.15) is 18.0 Å². The fourth-order valence-electron chi connectivity index (χ4n) is 3.52. The number of nitrogens with one attached hydrogen (secondary N) is 1. The Hall–Kier alpha value is -1.51. The average molecular weight is 426 g/mol. The van der Waals surface area contributed by atoms with Crippen molar-refractivity contribution in [3.8, 4) is 0 Å². The first-order valence-electron chi connectivity index (χ1n) is 8.36. The van der Waals surface area contributed by atoms with Crippen molar-refractivity contribution in [2.75, 3.05) is 32.7 Å². The molecule has 0 spiro atoms. The fraction of sp³-hybridized carbons (Fsp3) is 0.529. The van der Waals surface area contributed by atoms with Gasteiger partial charge in [0.25, 0.3) is 0 Å². The number of hydrogen-bond acceptors (Lipinski definition) is 3. The molecule has 2 aliphatic heterocycles. The fourth-order valence-corrected chi connectivity index (χ4v) is 3.72. The van der Waals surface area contributed by atoms with Gasteiger partial charge in [0.1, 0.15) is 6.54 Å². The lowest BCUT2D eigenvalue weighted by Gasteiger charge is -2.38. The van der Waals surface area contributed by atoms with Crippen molar-refractivity contribution >= 4 is 35.8 Å². The van der Waals surface area contributed by atoms with E-state index in [9.17, 15) is 22.8 Å². The van der Waals surface area contributed by atoms with Crippen LogP contribution in [0.4, 0.5) is 13.2 Å². The van der Waals surface area contributed by atoms with Crippen LogP contribution in [0.5, 0.6) is 0 Å². The molecule has 2 atom stereocenters. The van der Waals surface area contributed by atoms with Gasteiger partial charge in [-0.2, -0.15) is 13.2 Å². The Morgan fingerprint density at radius 3 is 2.74 bits per heavy atom. The third-order valence-corrected chi connectivity index (χ3v) is 4.93. The summed E-state index contributed by atoms with van der Waals surface area (Å²) in [6.45, 7) is 0.0486. The molecule has 2 aliphatic rings. The predicted molar refractivity (Wildman–Crippen MR) is 96.8 cm³/mol. The molecule has 5 nitrogen and oxygen atoms in total. The van der Waals surface area contributed by atoms with Crippen LogP contribution in [0, 0.1) is 5.92 Å². The molecule has 0 saturated carbocycles. The number of carbonyl (C=O) groups is 2. The standard InChI is InChI=1S/C17H19ClF3N3O2.ClH/c18-13-3-1-2-11(6-13)14-8-22-4-5-24(14)16(26)12-7-15(25)23(9-12)10-17(19,20)21;/h1-3,6,12,14,22H,4-5,7-10H2;1H. The van der Waals surface area contributed by atoms with Crippen LogP contribution < -0.4 is 5.32 Å². The maximum absolute atomic E-state index is 12.9. The summed E-state index contributed by atoms with van der Waals surface area (Å²) < 4.78 is 37.7. The van der Waals surface area contributed by atoms with Crippen LogP contribution in [0.2, 0.25) is 5.02 Å². The van der Waals surface area contributed by atoms with Crippen LogP contribution in [-0.4, -0.2) is 60.5 Å². The first kappa shape index (κ1) is 21.8. The second kappa shape index (κ2) is 8.67. The van der Waals surface area contributed by atoms with Gasteiger partial charge in [-0.1, -0.05) is 23.7 Å². The van der Waals surface area contributed by atoms with E-state index in [0.29, 0.717) is 24.7 Å². The lowest BCUT2D eigenvalue weighted by molar-refractivity contribution is -0.157. The molecule has 2 unspecified atom stereocenters. The molecule has 2 saturated heterocycles. The highest BCUT2D eigenvalue weighted by Crippen LogP contribution is 2.30. The van der Waals surface area contributed by atoms with Crippen LogP contribution >= 0.6 is 24.0 Å². The van der Waals surface area contributed by atoms with Crippen molar-refractivity contribution in [2.45, 2.75) is 18.6 Å². The van der Waals surface area contributed by atoms with Crippen molar-refractivity contribution < 1.29 is 22.8 Å². The summed E-state index contributed by atoms with van der Waals surface area (Å²) in [7, 11) is 0. The molecule has 1 N–H and O–H groups in total. The Morgan fingerprint density at radius 1 is 1.33 bits per heavy atom. The Morgan fingerprint density at radius 2 is 2.07 bits per heavy atom. The number of likely N-dealkylation sites (tertiary alicyclic amines) is 1. The Balaban J connectivity index is 0.00000261. The van der Waals surface area contributed by atoms with Crippen molar-refractivity contribution in [1.82, 2.24) is 15.1 Å². The quantitative estimate of drug-likeness (QED) is 0.809. The predicted octanol–water partition coefficient (Wildman–Crippen LogP) is 2.65. The highest BCUT2D eigenvalue weighted by molar-refractivity contribution is 6.30. The monoisotopic (exact) mass is 425 g/mol. The second-order valence-corrected chi connectivity index (χ2v) is 7.03. The van der Waals surface area contributed by atoms with Gasteiger partial charge in [0, 0.05) is 37.6 Å². The third-order valence-electron chi connectivity index (χ3n) is 4.69. The SMILES string of the molecule is Cl.O=C1CC(C(=O)N2CCNCC2c2cccc(Cl)c2)CN1CC(F)(F)F. The lowest BCUT2D eigenvalue weighted by Crippen LogP contribution is -2.50. The molecule has 2 amide bonds. The largest absolute Gasteiger partial charge is 0.406 e. The average Bonchev–Trinajstić information content (AvgIpc) is 2.93. The number of benzene rings is 1. The van der Waals surface area contributed by atoms with Crippen molar-refractivity contribution in [2.24, 2.45) is 5.92 Å². The molecule has 0 radical (unpaired) electrons. The van der Waals surface area contributed by atoms with Crippen LogP contribution in [-0.2, 0) is 9.59 Å². The smallest absolute Gasteiger partial charge is 0.333 e. The van der Waals surface area contributed by atoms with E-state index in [4.69, 9.17) is 11.6 Å². The molecule has 0 aromatic heterocycles. The van der Waals surface area contributed by atoms with Crippen LogP contribution in [0.25, 0.3) is 0 Å². The third kappa shape index (κ3) is 5.27. The lowest BCUT2D eigenvalue weighted by atomic mass is 9.99. The van der Waals surface area contributed by atoms with Crippen LogP contribution in [0.15, 0.2) is 24.3 Å². The van der Waals surface area contributed by atoms with E-state index in [0.717, 1.165) is 10.5 Å². The number of piperazine rings is 1. The highest BCUT2D eigenvalue weighted by Gasteiger charge is 2.43. The number of alkyl halides is 3. The molecule has 1 aromatic rings. The number of amides is 2. The summed E-state index contributed by atoms with van der Waals surface area (Å²) >= 11 is 6.04. The molecule has 27 heavy (non-hydrogen) atoms. The molecule has 0 aliphatic carbocycles. The topological polar surface area (TPSA) is 52.7 Å². The van der Waals surface area contributed by atoms with E-state index >= 15 is 0 Å². The van der Waals surface area contributed by atoms with Crippen molar-refractivity contribution in [3.05, 3.63) is 34.9 Å².